The van der Waals surface area contributed by atoms with Gasteiger partial charge in [0.25, 0.3) is 15.9 Å². The molecule has 7 heteroatoms. The van der Waals surface area contributed by atoms with Gasteiger partial charge in [0.05, 0.1) is 11.3 Å². The highest BCUT2D eigenvalue weighted by atomic mass is 32.2. The predicted molar refractivity (Wildman–Crippen MR) is 108 cm³/mol. The van der Waals surface area contributed by atoms with Gasteiger partial charge in [0.15, 0.2) is 0 Å². The number of benzene rings is 2. The van der Waals surface area contributed by atoms with Crippen molar-refractivity contribution in [2.45, 2.75) is 37.1 Å². The third-order valence-corrected chi connectivity index (χ3v) is 6.26. The number of carbonyl (C=O) groups excluding carboxylic acids is 1. The second kappa shape index (κ2) is 9.53. The van der Waals surface area contributed by atoms with Gasteiger partial charge in [-0.25, -0.2) is 8.42 Å². The minimum Gasteiger partial charge on any atom is -0.348 e. The lowest BCUT2D eigenvalue weighted by molar-refractivity contribution is 0.0932. The Kier molecular flexibility index (Phi) is 7.38. The van der Waals surface area contributed by atoms with Crippen LogP contribution in [0, 0.1) is 0 Å². The number of anilines is 1. The molecule has 0 saturated heterocycles. The Hall–Kier alpha value is -2.38. The maximum atomic E-state index is 13.1. The van der Waals surface area contributed by atoms with E-state index in [1.54, 1.807) is 36.4 Å². The first-order valence-electron chi connectivity index (χ1n) is 9.05. The van der Waals surface area contributed by atoms with Gasteiger partial charge in [0.2, 0.25) is 0 Å². The van der Waals surface area contributed by atoms with Gasteiger partial charge in [-0.2, -0.15) is 0 Å². The van der Waals surface area contributed by atoms with Crippen LogP contribution >= 0.6 is 0 Å². The lowest BCUT2D eigenvalue weighted by Gasteiger charge is -2.22. The number of para-hydroxylation sites is 1. The van der Waals surface area contributed by atoms with E-state index in [1.165, 1.54) is 23.5 Å². The fourth-order valence-corrected chi connectivity index (χ4v) is 4.15. The van der Waals surface area contributed by atoms with Crippen molar-refractivity contribution < 1.29 is 13.2 Å². The average Bonchev–Trinajstić information content (AvgIpc) is 2.70. The fourth-order valence-electron chi connectivity index (χ4n) is 2.77. The molecule has 0 aliphatic carbocycles. The Labute approximate surface area is 161 Å². The summed E-state index contributed by atoms with van der Waals surface area (Å²) < 4.78 is 27.4. The van der Waals surface area contributed by atoms with Crippen LogP contribution < -0.4 is 15.4 Å². The van der Waals surface area contributed by atoms with E-state index in [0.717, 1.165) is 19.3 Å². The van der Waals surface area contributed by atoms with Crippen LogP contribution in [0.15, 0.2) is 59.5 Å². The molecule has 0 radical (unpaired) electrons. The van der Waals surface area contributed by atoms with Gasteiger partial charge in [0, 0.05) is 19.6 Å². The zero-order valence-electron chi connectivity index (χ0n) is 15.8. The number of hydrogen-bond donors (Lipinski definition) is 2. The Balaban J connectivity index is 2.32. The number of hydrogen-bond acceptors (Lipinski definition) is 4. The summed E-state index contributed by atoms with van der Waals surface area (Å²) in [6.45, 7) is 2.38. The summed E-state index contributed by atoms with van der Waals surface area (Å²) in [5.41, 5.74) is 6.39. The van der Waals surface area contributed by atoms with E-state index < -0.39 is 15.9 Å². The maximum absolute atomic E-state index is 13.1. The van der Waals surface area contributed by atoms with Crippen LogP contribution in [-0.2, 0) is 10.0 Å². The normalized spacial score (nSPS) is 12.4. The van der Waals surface area contributed by atoms with Crippen molar-refractivity contribution in [3.63, 3.8) is 0 Å². The zero-order valence-corrected chi connectivity index (χ0v) is 16.6. The van der Waals surface area contributed by atoms with Crippen LogP contribution in [0.1, 0.15) is 36.5 Å². The lowest BCUT2D eigenvalue weighted by atomic mass is 10.1. The topological polar surface area (TPSA) is 92.5 Å². The molecule has 0 heterocycles. The van der Waals surface area contributed by atoms with Crippen molar-refractivity contribution in [3.8, 4) is 0 Å². The molecule has 0 aliphatic rings. The van der Waals surface area contributed by atoms with Gasteiger partial charge in [-0.3, -0.25) is 9.10 Å². The molecule has 0 aliphatic heterocycles. The van der Waals surface area contributed by atoms with E-state index in [0.29, 0.717) is 12.2 Å². The molecule has 146 valence electrons. The molecule has 2 rings (SSSR count). The van der Waals surface area contributed by atoms with Crippen molar-refractivity contribution in [2.75, 3.05) is 17.9 Å². The predicted octanol–water partition coefficient (Wildman–Crippen LogP) is 2.76. The smallest absolute Gasteiger partial charge is 0.264 e. The Morgan fingerprint density at radius 2 is 1.74 bits per heavy atom. The third kappa shape index (κ3) is 5.08. The zero-order chi connectivity index (χ0) is 19.9. The van der Waals surface area contributed by atoms with E-state index in [1.807, 2.05) is 6.07 Å². The van der Waals surface area contributed by atoms with Crippen LogP contribution in [0.25, 0.3) is 0 Å². The average molecular weight is 390 g/mol. The number of nitrogens with two attached hydrogens (primary N) is 1. The standard InChI is InChI=1S/C20H27N3O3S/c1-3-4-10-16(15-21)22-20(24)18-13-8-9-14-19(18)27(25,26)23(2)17-11-6-5-7-12-17/h5-9,11-14,16H,3-4,10,15,21H2,1-2H3,(H,22,24). The van der Waals surface area contributed by atoms with Crippen molar-refractivity contribution in [1.82, 2.24) is 5.32 Å². The first-order valence-corrected chi connectivity index (χ1v) is 10.5. The molecule has 1 unspecified atom stereocenters. The van der Waals surface area contributed by atoms with E-state index in [9.17, 15) is 13.2 Å². The number of rotatable bonds is 9. The van der Waals surface area contributed by atoms with Gasteiger partial charge in [-0.1, -0.05) is 50.1 Å². The molecule has 1 amide bonds. The molecule has 0 aromatic heterocycles. The SMILES string of the molecule is CCCCC(CN)NC(=O)c1ccccc1S(=O)(=O)N(C)c1ccccc1. The molecule has 6 nitrogen and oxygen atoms in total. The van der Waals surface area contributed by atoms with Crippen molar-refractivity contribution in [2.24, 2.45) is 5.73 Å². The third-order valence-electron chi connectivity index (χ3n) is 4.42. The summed E-state index contributed by atoms with van der Waals surface area (Å²) in [7, 11) is -2.41. The van der Waals surface area contributed by atoms with Crippen LogP contribution in [-0.4, -0.2) is 34.0 Å². The highest BCUT2D eigenvalue weighted by Gasteiger charge is 2.27. The van der Waals surface area contributed by atoms with Gasteiger partial charge in [-0.05, 0) is 30.7 Å². The molecular formula is C20H27N3O3S. The highest BCUT2D eigenvalue weighted by molar-refractivity contribution is 7.92. The molecule has 0 fully saturated rings. The number of nitrogens with one attached hydrogen (secondary N) is 1. The molecule has 2 aromatic carbocycles. The van der Waals surface area contributed by atoms with Crippen molar-refractivity contribution in [1.29, 1.82) is 0 Å². The monoisotopic (exact) mass is 389 g/mol. The summed E-state index contributed by atoms with van der Waals surface area (Å²) in [6, 6.07) is 14.8. The molecule has 0 bridgehead atoms. The molecule has 0 spiro atoms. The summed E-state index contributed by atoms with van der Waals surface area (Å²) in [5.74, 6) is -0.429. The number of nitrogens with zero attached hydrogens (tertiary/aromatic N) is 1. The largest absolute Gasteiger partial charge is 0.348 e. The Morgan fingerprint density at radius 1 is 1.11 bits per heavy atom. The molecule has 2 aromatic rings. The van der Waals surface area contributed by atoms with Gasteiger partial charge in [0.1, 0.15) is 4.90 Å². The molecular weight excluding hydrogens is 362 g/mol. The second-order valence-corrected chi connectivity index (χ2v) is 8.29. The molecule has 1 atom stereocenters. The highest BCUT2D eigenvalue weighted by Crippen LogP contribution is 2.24. The van der Waals surface area contributed by atoms with Crippen molar-refractivity contribution >= 4 is 21.6 Å². The second-order valence-electron chi connectivity index (χ2n) is 6.35. The van der Waals surface area contributed by atoms with E-state index in [4.69, 9.17) is 5.73 Å². The van der Waals surface area contributed by atoms with Crippen LogP contribution in [0.3, 0.4) is 0 Å². The molecule has 0 saturated carbocycles. The number of sulfonamides is 1. The fraction of sp³-hybridized carbons (Fsp3) is 0.350. The van der Waals surface area contributed by atoms with Crippen LogP contribution in [0.5, 0.6) is 0 Å². The number of unbranched alkanes of at least 4 members (excludes halogenated alkanes) is 1. The summed E-state index contributed by atoms with van der Waals surface area (Å²) in [5, 5.41) is 2.86. The number of carbonyl (C=O) groups is 1. The Bertz CT molecular complexity index is 854. The first kappa shape index (κ1) is 20.9. The quantitative estimate of drug-likeness (QED) is 0.690. The summed E-state index contributed by atoms with van der Waals surface area (Å²) in [6.07, 6.45) is 2.70. The van der Waals surface area contributed by atoms with Gasteiger partial charge >= 0.3 is 0 Å². The number of amides is 1. The maximum Gasteiger partial charge on any atom is 0.264 e. The lowest BCUT2D eigenvalue weighted by Crippen LogP contribution is -2.41. The summed E-state index contributed by atoms with van der Waals surface area (Å²) >= 11 is 0. The summed E-state index contributed by atoms with van der Waals surface area (Å²) in [4.78, 5) is 12.7. The van der Waals surface area contributed by atoms with Crippen LogP contribution in [0.4, 0.5) is 5.69 Å². The molecule has 27 heavy (non-hydrogen) atoms. The Morgan fingerprint density at radius 3 is 2.37 bits per heavy atom. The van der Waals surface area contributed by atoms with E-state index >= 15 is 0 Å². The van der Waals surface area contributed by atoms with Crippen LogP contribution in [0.2, 0.25) is 0 Å². The van der Waals surface area contributed by atoms with E-state index in [2.05, 4.69) is 12.2 Å². The van der Waals surface area contributed by atoms with E-state index in [-0.39, 0.29) is 16.5 Å². The van der Waals surface area contributed by atoms with Gasteiger partial charge < -0.3 is 11.1 Å². The minimum atomic E-state index is -3.89. The van der Waals surface area contributed by atoms with Gasteiger partial charge in [-0.15, -0.1) is 0 Å². The van der Waals surface area contributed by atoms with Crippen molar-refractivity contribution in [3.05, 3.63) is 60.2 Å². The first-order chi connectivity index (χ1) is 12.9. The molecule has 3 N–H and O–H groups in total. The minimum absolute atomic E-state index is 0.0277.